The van der Waals surface area contributed by atoms with E-state index in [1.165, 1.54) is 36.5 Å². The van der Waals surface area contributed by atoms with Gasteiger partial charge in [0.05, 0.1) is 0 Å². The van der Waals surface area contributed by atoms with Crippen LogP contribution in [-0.2, 0) is 0 Å². The Hall–Kier alpha value is -0.510. The van der Waals surface area contributed by atoms with Crippen LogP contribution < -0.4 is 5.32 Å². The Morgan fingerprint density at radius 3 is 2.71 bits per heavy atom. The third kappa shape index (κ3) is 4.73. The number of thioether (sulfide) groups is 1. The van der Waals surface area contributed by atoms with Crippen molar-refractivity contribution >= 4 is 11.8 Å². The highest BCUT2D eigenvalue weighted by molar-refractivity contribution is 7.99. The van der Waals surface area contributed by atoms with Crippen molar-refractivity contribution in [1.29, 1.82) is 0 Å². The van der Waals surface area contributed by atoms with E-state index in [-0.39, 0.29) is 5.54 Å². The number of nitrogens with zero attached hydrogens (tertiary/aromatic N) is 1. The number of benzene rings is 1. The molecule has 3 heteroatoms. The molecule has 2 atom stereocenters. The summed E-state index contributed by atoms with van der Waals surface area (Å²) in [5.74, 6) is 2.52. The summed E-state index contributed by atoms with van der Waals surface area (Å²) in [7, 11) is 0. The Balaban J connectivity index is 2.03. The van der Waals surface area contributed by atoms with E-state index in [4.69, 9.17) is 0 Å². The van der Waals surface area contributed by atoms with Crippen molar-refractivity contribution in [1.82, 2.24) is 10.2 Å². The molecule has 118 valence electrons. The van der Waals surface area contributed by atoms with Gasteiger partial charge in [-0.05, 0) is 43.4 Å². The molecule has 0 amide bonds. The molecule has 1 heterocycles. The predicted octanol–water partition coefficient (Wildman–Crippen LogP) is 3.94. The zero-order chi connectivity index (χ0) is 15.1. The normalized spacial score (nSPS) is 26.9. The quantitative estimate of drug-likeness (QED) is 0.768. The van der Waals surface area contributed by atoms with Crippen LogP contribution in [0.4, 0.5) is 0 Å². The van der Waals surface area contributed by atoms with Crippen molar-refractivity contribution in [2.24, 2.45) is 0 Å². The van der Waals surface area contributed by atoms with Gasteiger partial charge in [-0.3, -0.25) is 4.90 Å². The third-order valence-corrected chi connectivity index (χ3v) is 5.60. The minimum Gasteiger partial charge on any atom is -0.308 e. The van der Waals surface area contributed by atoms with Gasteiger partial charge in [-0.2, -0.15) is 11.8 Å². The topological polar surface area (TPSA) is 15.3 Å². The summed E-state index contributed by atoms with van der Waals surface area (Å²) >= 11 is 2.06. The average molecular weight is 307 g/mol. The number of piperazine rings is 1. The molecule has 1 aromatic carbocycles. The summed E-state index contributed by atoms with van der Waals surface area (Å²) in [6.45, 7) is 10.3. The number of hydrogen-bond acceptors (Lipinski definition) is 3. The van der Waals surface area contributed by atoms with Gasteiger partial charge in [-0.1, -0.05) is 44.2 Å². The van der Waals surface area contributed by atoms with Gasteiger partial charge in [0.25, 0.3) is 0 Å². The Kier molecular flexibility index (Phi) is 6.59. The number of rotatable bonds is 7. The monoisotopic (exact) mass is 306 g/mol. The molecule has 1 N–H and O–H groups in total. The molecule has 0 spiro atoms. The van der Waals surface area contributed by atoms with Gasteiger partial charge in [0.2, 0.25) is 0 Å². The van der Waals surface area contributed by atoms with Crippen LogP contribution in [0.3, 0.4) is 0 Å². The van der Waals surface area contributed by atoms with E-state index in [9.17, 15) is 0 Å². The van der Waals surface area contributed by atoms with Crippen molar-refractivity contribution in [3.05, 3.63) is 35.9 Å². The van der Waals surface area contributed by atoms with E-state index in [1.807, 2.05) is 0 Å². The van der Waals surface area contributed by atoms with Crippen molar-refractivity contribution in [3.63, 3.8) is 0 Å². The summed E-state index contributed by atoms with van der Waals surface area (Å²) < 4.78 is 0. The fraction of sp³-hybridized carbons (Fsp3) is 0.667. The van der Waals surface area contributed by atoms with Gasteiger partial charge in [0.15, 0.2) is 0 Å². The molecule has 1 aromatic rings. The van der Waals surface area contributed by atoms with Gasteiger partial charge in [0, 0.05) is 24.7 Å². The van der Waals surface area contributed by atoms with E-state index in [2.05, 4.69) is 73.1 Å². The lowest BCUT2D eigenvalue weighted by Gasteiger charge is -2.46. The maximum atomic E-state index is 3.78. The lowest BCUT2D eigenvalue weighted by Crippen LogP contribution is -2.59. The van der Waals surface area contributed by atoms with Crippen LogP contribution in [-0.4, -0.2) is 41.6 Å². The SMILES string of the molecule is CCSCCCN1CC(C)(CC)NCC1c1ccccc1. The maximum Gasteiger partial charge on any atom is 0.0473 e. The molecule has 0 radical (unpaired) electrons. The van der Waals surface area contributed by atoms with Gasteiger partial charge >= 0.3 is 0 Å². The third-order valence-electron chi connectivity index (χ3n) is 4.62. The van der Waals surface area contributed by atoms with Crippen molar-refractivity contribution in [3.8, 4) is 0 Å². The Morgan fingerprint density at radius 2 is 2.05 bits per heavy atom. The molecular weight excluding hydrogens is 276 g/mol. The van der Waals surface area contributed by atoms with E-state index >= 15 is 0 Å². The molecule has 1 fully saturated rings. The summed E-state index contributed by atoms with van der Waals surface area (Å²) in [4.78, 5) is 2.70. The van der Waals surface area contributed by atoms with Crippen LogP contribution >= 0.6 is 11.8 Å². The lowest BCUT2D eigenvalue weighted by molar-refractivity contribution is 0.0845. The molecule has 2 unspecified atom stereocenters. The van der Waals surface area contributed by atoms with E-state index in [0.717, 1.165) is 13.1 Å². The second kappa shape index (κ2) is 8.21. The fourth-order valence-corrected chi connectivity index (χ4v) is 3.70. The molecule has 1 saturated heterocycles. The smallest absolute Gasteiger partial charge is 0.0473 e. The first-order valence-corrected chi connectivity index (χ1v) is 9.46. The van der Waals surface area contributed by atoms with Gasteiger partial charge in [0.1, 0.15) is 0 Å². The minimum absolute atomic E-state index is 0.267. The highest BCUT2D eigenvalue weighted by Crippen LogP contribution is 2.28. The summed E-state index contributed by atoms with van der Waals surface area (Å²) in [5, 5.41) is 3.78. The van der Waals surface area contributed by atoms with E-state index in [1.54, 1.807) is 0 Å². The zero-order valence-corrected chi connectivity index (χ0v) is 14.6. The van der Waals surface area contributed by atoms with Crippen LogP contribution in [0.1, 0.15) is 45.2 Å². The molecule has 2 rings (SSSR count). The van der Waals surface area contributed by atoms with Crippen molar-refractivity contribution < 1.29 is 0 Å². The second-order valence-corrected chi connectivity index (χ2v) is 7.64. The van der Waals surface area contributed by atoms with Crippen molar-refractivity contribution in [2.45, 2.75) is 45.2 Å². The summed E-state index contributed by atoms with van der Waals surface area (Å²) in [5.41, 5.74) is 1.72. The first-order valence-electron chi connectivity index (χ1n) is 8.30. The highest BCUT2D eigenvalue weighted by Gasteiger charge is 2.34. The number of nitrogens with one attached hydrogen (secondary N) is 1. The van der Waals surface area contributed by atoms with E-state index < -0.39 is 0 Å². The minimum atomic E-state index is 0.267. The van der Waals surface area contributed by atoms with Crippen LogP contribution in [0.25, 0.3) is 0 Å². The molecule has 0 saturated carbocycles. The fourth-order valence-electron chi connectivity index (χ4n) is 3.08. The van der Waals surface area contributed by atoms with Crippen LogP contribution in [0.15, 0.2) is 30.3 Å². The second-order valence-electron chi connectivity index (χ2n) is 6.24. The first-order chi connectivity index (χ1) is 10.2. The molecule has 0 aromatic heterocycles. The zero-order valence-electron chi connectivity index (χ0n) is 13.8. The predicted molar refractivity (Wildman–Crippen MR) is 95.1 cm³/mol. The summed E-state index contributed by atoms with van der Waals surface area (Å²) in [6, 6.07) is 11.5. The molecule has 1 aliphatic rings. The maximum absolute atomic E-state index is 3.78. The molecule has 0 aliphatic carbocycles. The summed E-state index contributed by atoms with van der Waals surface area (Å²) in [6.07, 6.45) is 2.48. The average Bonchev–Trinajstić information content (AvgIpc) is 2.53. The van der Waals surface area contributed by atoms with Gasteiger partial charge in [-0.25, -0.2) is 0 Å². The van der Waals surface area contributed by atoms with Crippen LogP contribution in [0.2, 0.25) is 0 Å². The molecule has 21 heavy (non-hydrogen) atoms. The Morgan fingerprint density at radius 1 is 1.29 bits per heavy atom. The number of hydrogen-bond donors (Lipinski definition) is 1. The van der Waals surface area contributed by atoms with E-state index in [0.29, 0.717) is 6.04 Å². The first kappa shape index (κ1) is 16.9. The van der Waals surface area contributed by atoms with Gasteiger partial charge in [-0.15, -0.1) is 0 Å². The Labute approximate surface area is 134 Å². The van der Waals surface area contributed by atoms with Crippen LogP contribution in [0, 0.1) is 0 Å². The van der Waals surface area contributed by atoms with Crippen molar-refractivity contribution in [2.75, 3.05) is 31.1 Å². The standard InChI is InChI=1S/C18H30N2S/c1-4-18(3)15-20(12-9-13-21-5-2)17(14-19-18)16-10-7-6-8-11-16/h6-8,10-11,17,19H,4-5,9,12-15H2,1-3H3. The molecule has 1 aliphatic heterocycles. The van der Waals surface area contributed by atoms with Gasteiger partial charge < -0.3 is 5.32 Å². The molecule has 2 nitrogen and oxygen atoms in total. The highest BCUT2D eigenvalue weighted by atomic mass is 32.2. The molecule has 0 bridgehead atoms. The lowest BCUT2D eigenvalue weighted by atomic mass is 9.91. The largest absolute Gasteiger partial charge is 0.308 e. The van der Waals surface area contributed by atoms with Crippen LogP contribution in [0.5, 0.6) is 0 Å². The molecular formula is C18H30N2S. The Bertz CT molecular complexity index is 409.